The normalized spacial score (nSPS) is 20.3. The molecule has 3 N–H and O–H groups in total. The fourth-order valence-electron chi connectivity index (χ4n) is 2.82. The molecule has 0 radical (unpaired) electrons. The van der Waals surface area contributed by atoms with Gasteiger partial charge in [-0.1, -0.05) is 30.3 Å². The van der Waals surface area contributed by atoms with Gasteiger partial charge in [0.1, 0.15) is 5.54 Å². The van der Waals surface area contributed by atoms with Crippen molar-refractivity contribution in [3.8, 4) is 0 Å². The summed E-state index contributed by atoms with van der Waals surface area (Å²) in [7, 11) is 0. The van der Waals surface area contributed by atoms with Crippen molar-refractivity contribution >= 4 is 18.3 Å². The first-order chi connectivity index (χ1) is 9.43. The summed E-state index contributed by atoms with van der Waals surface area (Å²) in [6.07, 6.45) is 1.38. The Balaban J connectivity index is 0.00000220. The molecular weight excluding hydrogens is 288 g/mol. The summed E-state index contributed by atoms with van der Waals surface area (Å²) in [5, 5.41) is 9.61. The van der Waals surface area contributed by atoms with E-state index in [9.17, 15) is 9.90 Å². The molecule has 1 aromatic rings. The number of rotatable bonds is 3. The molecule has 0 bridgehead atoms. The van der Waals surface area contributed by atoms with Crippen LogP contribution in [0.2, 0.25) is 0 Å². The third-order valence-electron chi connectivity index (χ3n) is 4.33. The number of carbonyl (C=O) groups excluding carboxylic acids is 1. The van der Waals surface area contributed by atoms with Gasteiger partial charge >= 0.3 is 0 Å². The van der Waals surface area contributed by atoms with Crippen LogP contribution in [0.25, 0.3) is 0 Å². The summed E-state index contributed by atoms with van der Waals surface area (Å²) in [4.78, 5) is 14.5. The average molecular weight is 313 g/mol. The van der Waals surface area contributed by atoms with Gasteiger partial charge in [0.15, 0.2) is 0 Å². The molecule has 0 saturated carbocycles. The van der Waals surface area contributed by atoms with Gasteiger partial charge in [0.2, 0.25) is 5.91 Å². The van der Waals surface area contributed by atoms with E-state index >= 15 is 0 Å². The standard InChI is InChI=1S/C16H24N2O2.ClH/c1-12(19)13-8-10-18(11-9-13)15(20)16(2,17)14-6-4-3-5-7-14;/h3-7,12-13,19H,8-11,17H2,1-2H3;1H. The quantitative estimate of drug-likeness (QED) is 0.896. The van der Waals surface area contributed by atoms with E-state index in [0.29, 0.717) is 19.0 Å². The third kappa shape index (κ3) is 3.96. The average Bonchev–Trinajstić information content (AvgIpc) is 2.47. The van der Waals surface area contributed by atoms with Crippen molar-refractivity contribution in [1.29, 1.82) is 0 Å². The number of carbonyl (C=O) groups is 1. The SMILES string of the molecule is CC(O)C1CCN(C(=O)C(C)(N)c2ccccc2)CC1.Cl. The van der Waals surface area contributed by atoms with Crippen LogP contribution in [0.3, 0.4) is 0 Å². The number of nitrogens with zero attached hydrogens (tertiary/aromatic N) is 1. The molecule has 1 aromatic carbocycles. The second-order valence-corrected chi connectivity index (χ2v) is 5.94. The first-order valence-corrected chi connectivity index (χ1v) is 7.24. The lowest BCUT2D eigenvalue weighted by molar-refractivity contribution is -0.138. The van der Waals surface area contributed by atoms with Crippen LogP contribution in [0.1, 0.15) is 32.3 Å². The Morgan fingerprint density at radius 2 is 1.86 bits per heavy atom. The summed E-state index contributed by atoms with van der Waals surface area (Å²) in [5.41, 5.74) is 6.11. The molecule has 118 valence electrons. The summed E-state index contributed by atoms with van der Waals surface area (Å²) in [6.45, 7) is 4.94. The lowest BCUT2D eigenvalue weighted by Crippen LogP contribution is -2.53. The van der Waals surface area contributed by atoms with E-state index in [1.165, 1.54) is 0 Å². The first-order valence-electron chi connectivity index (χ1n) is 7.24. The van der Waals surface area contributed by atoms with Crippen LogP contribution in [0.5, 0.6) is 0 Å². The Morgan fingerprint density at radius 1 is 1.33 bits per heavy atom. The van der Waals surface area contributed by atoms with Crippen LogP contribution in [0, 0.1) is 5.92 Å². The van der Waals surface area contributed by atoms with Crippen molar-refractivity contribution in [2.75, 3.05) is 13.1 Å². The molecule has 1 aliphatic heterocycles. The number of likely N-dealkylation sites (tertiary alicyclic amines) is 1. The molecule has 1 fully saturated rings. The summed E-state index contributed by atoms with van der Waals surface area (Å²) >= 11 is 0. The maximum atomic E-state index is 12.6. The predicted molar refractivity (Wildman–Crippen MR) is 86.2 cm³/mol. The van der Waals surface area contributed by atoms with Crippen molar-refractivity contribution in [3.05, 3.63) is 35.9 Å². The zero-order valence-electron chi connectivity index (χ0n) is 12.7. The molecule has 4 nitrogen and oxygen atoms in total. The van der Waals surface area contributed by atoms with Gasteiger partial charge in [-0.2, -0.15) is 0 Å². The molecule has 1 heterocycles. The number of hydrogen-bond acceptors (Lipinski definition) is 3. The van der Waals surface area contributed by atoms with Crippen molar-refractivity contribution in [2.24, 2.45) is 11.7 Å². The van der Waals surface area contributed by atoms with E-state index in [1.807, 2.05) is 42.2 Å². The largest absolute Gasteiger partial charge is 0.393 e. The molecule has 0 aliphatic carbocycles. The minimum atomic E-state index is -0.987. The summed E-state index contributed by atoms with van der Waals surface area (Å²) < 4.78 is 0. The topological polar surface area (TPSA) is 66.6 Å². The Labute approximate surface area is 132 Å². The highest BCUT2D eigenvalue weighted by Crippen LogP contribution is 2.25. The van der Waals surface area contributed by atoms with Crippen LogP contribution in [-0.2, 0) is 10.3 Å². The van der Waals surface area contributed by atoms with Gasteiger partial charge in [-0.05, 0) is 38.2 Å². The van der Waals surface area contributed by atoms with Gasteiger partial charge in [0.05, 0.1) is 6.10 Å². The zero-order chi connectivity index (χ0) is 14.8. The number of nitrogens with two attached hydrogens (primary N) is 1. The smallest absolute Gasteiger partial charge is 0.246 e. The Morgan fingerprint density at radius 3 is 2.33 bits per heavy atom. The Kier molecular flexibility index (Phi) is 6.20. The molecule has 2 rings (SSSR count). The molecule has 5 heteroatoms. The highest BCUT2D eigenvalue weighted by molar-refractivity contribution is 5.87. The maximum Gasteiger partial charge on any atom is 0.246 e. The number of halogens is 1. The molecule has 2 unspecified atom stereocenters. The highest BCUT2D eigenvalue weighted by Gasteiger charge is 2.36. The Hall–Kier alpha value is -1.10. The molecule has 1 saturated heterocycles. The van der Waals surface area contributed by atoms with E-state index in [2.05, 4.69) is 0 Å². The molecule has 2 atom stereocenters. The van der Waals surface area contributed by atoms with E-state index in [-0.39, 0.29) is 24.4 Å². The predicted octanol–water partition coefficient (Wildman–Crippen LogP) is 1.90. The number of piperidine rings is 1. The maximum absolute atomic E-state index is 12.6. The minimum Gasteiger partial charge on any atom is -0.393 e. The van der Waals surface area contributed by atoms with Gasteiger partial charge in [-0.25, -0.2) is 0 Å². The van der Waals surface area contributed by atoms with Crippen molar-refractivity contribution < 1.29 is 9.90 Å². The van der Waals surface area contributed by atoms with Crippen LogP contribution in [-0.4, -0.2) is 35.1 Å². The fraction of sp³-hybridized carbons (Fsp3) is 0.562. The first kappa shape index (κ1) is 18.0. The second kappa shape index (κ2) is 7.25. The number of aliphatic hydroxyl groups excluding tert-OH is 1. The van der Waals surface area contributed by atoms with Crippen molar-refractivity contribution in [3.63, 3.8) is 0 Å². The van der Waals surface area contributed by atoms with E-state index < -0.39 is 5.54 Å². The number of hydrogen-bond donors (Lipinski definition) is 2. The zero-order valence-corrected chi connectivity index (χ0v) is 13.5. The summed E-state index contributed by atoms with van der Waals surface area (Å²) in [6, 6.07) is 9.49. The lowest BCUT2D eigenvalue weighted by atomic mass is 9.88. The second-order valence-electron chi connectivity index (χ2n) is 5.94. The summed E-state index contributed by atoms with van der Waals surface area (Å²) in [5.74, 6) is 0.257. The lowest BCUT2D eigenvalue weighted by Gasteiger charge is -2.37. The molecule has 0 spiro atoms. The molecule has 1 amide bonds. The van der Waals surface area contributed by atoms with E-state index in [1.54, 1.807) is 6.92 Å². The van der Waals surface area contributed by atoms with Crippen LogP contribution < -0.4 is 5.73 Å². The molecular formula is C16H25ClN2O2. The van der Waals surface area contributed by atoms with Crippen molar-refractivity contribution in [2.45, 2.75) is 38.3 Å². The van der Waals surface area contributed by atoms with Crippen molar-refractivity contribution in [1.82, 2.24) is 4.90 Å². The van der Waals surface area contributed by atoms with E-state index in [4.69, 9.17) is 5.73 Å². The van der Waals surface area contributed by atoms with Gasteiger partial charge in [-0.3, -0.25) is 4.79 Å². The Bertz CT molecular complexity index is 455. The van der Waals surface area contributed by atoms with Crippen LogP contribution >= 0.6 is 12.4 Å². The van der Waals surface area contributed by atoms with E-state index in [0.717, 1.165) is 18.4 Å². The van der Waals surface area contributed by atoms with Gasteiger partial charge in [0.25, 0.3) is 0 Å². The monoisotopic (exact) mass is 312 g/mol. The number of benzene rings is 1. The number of amides is 1. The van der Waals surface area contributed by atoms with Crippen LogP contribution in [0.15, 0.2) is 30.3 Å². The molecule has 21 heavy (non-hydrogen) atoms. The molecule has 0 aromatic heterocycles. The van der Waals surface area contributed by atoms with Crippen LogP contribution in [0.4, 0.5) is 0 Å². The number of aliphatic hydroxyl groups is 1. The van der Waals surface area contributed by atoms with Gasteiger partial charge < -0.3 is 15.7 Å². The highest BCUT2D eigenvalue weighted by atomic mass is 35.5. The minimum absolute atomic E-state index is 0. The third-order valence-corrected chi connectivity index (χ3v) is 4.33. The van der Waals surface area contributed by atoms with Gasteiger partial charge in [0, 0.05) is 13.1 Å². The fourth-order valence-corrected chi connectivity index (χ4v) is 2.82. The molecule has 1 aliphatic rings. The van der Waals surface area contributed by atoms with Gasteiger partial charge in [-0.15, -0.1) is 12.4 Å².